The summed E-state index contributed by atoms with van der Waals surface area (Å²) < 4.78 is 2.11. The van der Waals surface area contributed by atoms with E-state index in [0.717, 1.165) is 28.5 Å². The van der Waals surface area contributed by atoms with E-state index in [1.54, 1.807) is 12.1 Å². The molecule has 2 N–H and O–H groups in total. The summed E-state index contributed by atoms with van der Waals surface area (Å²) in [6, 6.07) is 17.7. The Labute approximate surface area is 158 Å². The van der Waals surface area contributed by atoms with E-state index in [0.29, 0.717) is 0 Å². The first-order valence-electron chi connectivity index (χ1n) is 8.96. The molecule has 27 heavy (non-hydrogen) atoms. The van der Waals surface area contributed by atoms with Gasteiger partial charge in [0.25, 0.3) is 0 Å². The van der Waals surface area contributed by atoms with Gasteiger partial charge in [-0.3, -0.25) is 0 Å². The number of nitrogens with zero attached hydrogens (tertiary/aromatic N) is 3. The Bertz CT molecular complexity index is 1100. The number of hydrogen-bond acceptors (Lipinski definition) is 4. The minimum absolute atomic E-state index is 0.0584. The normalized spacial score (nSPS) is 12.3. The molecule has 2 aromatic heterocycles. The molecule has 4 aromatic rings. The van der Waals surface area contributed by atoms with Gasteiger partial charge < -0.3 is 15.0 Å². The van der Waals surface area contributed by atoms with Gasteiger partial charge in [0, 0.05) is 36.4 Å². The maximum Gasteiger partial charge on any atom is 0.130 e. The van der Waals surface area contributed by atoms with Gasteiger partial charge in [-0.1, -0.05) is 24.3 Å². The van der Waals surface area contributed by atoms with Gasteiger partial charge in [0.15, 0.2) is 0 Å². The van der Waals surface area contributed by atoms with E-state index < -0.39 is 0 Å². The van der Waals surface area contributed by atoms with E-state index in [1.165, 1.54) is 10.9 Å². The Morgan fingerprint density at radius 1 is 1.00 bits per heavy atom. The fourth-order valence-electron chi connectivity index (χ4n) is 3.28. The fourth-order valence-corrected chi connectivity index (χ4v) is 3.28. The minimum atomic E-state index is 0.0584. The van der Waals surface area contributed by atoms with Gasteiger partial charge in [-0.2, -0.15) is 0 Å². The average molecular weight is 358 g/mol. The molecule has 5 nitrogen and oxygen atoms in total. The Kier molecular flexibility index (Phi) is 4.28. The molecule has 0 aliphatic rings. The second kappa shape index (κ2) is 6.76. The predicted molar refractivity (Wildman–Crippen MR) is 109 cm³/mol. The monoisotopic (exact) mass is 358 g/mol. The van der Waals surface area contributed by atoms with Gasteiger partial charge in [-0.25, -0.2) is 9.97 Å². The van der Waals surface area contributed by atoms with Gasteiger partial charge in [0.2, 0.25) is 0 Å². The van der Waals surface area contributed by atoms with E-state index in [9.17, 15) is 5.11 Å². The number of aromatic nitrogens is 3. The lowest BCUT2D eigenvalue weighted by molar-refractivity contribution is 0.475. The number of hydrogen-bond donors (Lipinski definition) is 2. The van der Waals surface area contributed by atoms with E-state index >= 15 is 0 Å². The molecular weight excluding hydrogens is 336 g/mol. The van der Waals surface area contributed by atoms with E-state index in [2.05, 4.69) is 57.2 Å². The summed E-state index contributed by atoms with van der Waals surface area (Å²) >= 11 is 0. The van der Waals surface area contributed by atoms with Crippen LogP contribution in [0.15, 0.2) is 60.8 Å². The SMILES string of the molecule is Cc1nc(NC(C)c2ccc(O)cc2)cc(-c2ccc3ccn(C)c3c2)n1. The molecule has 0 aliphatic heterocycles. The molecule has 5 heteroatoms. The maximum absolute atomic E-state index is 9.46. The summed E-state index contributed by atoms with van der Waals surface area (Å²) in [7, 11) is 2.05. The number of fused-ring (bicyclic) bond motifs is 1. The summed E-state index contributed by atoms with van der Waals surface area (Å²) in [5, 5.41) is 14.1. The third-order valence-electron chi connectivity index (χ3n) is 4.78. The predicted octanol–water partition coefficient (Wildman–Crippen LogP) is 4.82. The molecule has 1 atom stereocenters. The van der Waals surface area contributed by atoms with Crippen molar-refractivity contribution in [3.63, 3.8) is 0 Å². The number of rotatable bonds is 4. The zero-order valence-electron chi connectivity index (χ0n) is 15.6. The molecular formula is C22H22N4O. The topological polar surface area (TPSA) is 63.0 Å². The highest BCUT2D eigenvalue weighted by Gasteiger charge is 2.10. The summed E-state index contributed by atoms with van der Waals surface area (Å²) in [6.07, 6.45) is 2.06. The van der Waals surface area contributed by atoms with Gasteiger partial charge in [-0.15, -0.1) is 0 Å². The number of phenols is 1. The fraction of sp³-hybridized carbons (Fsp3) is 0.182. The largest absolute Gasteiger partial charge is 0.508 e. The molecule has 0 spiro atoms. The molecule has 1 unspecified atom stereocenters. The first-order chi connectivity index (χ1) is 13.0. The smallest absolute Gasteiger partial charge is 0.130 e. The lowest BCUT2D eigenvalue weighted by Gasteiger charge is -2.16. The maximum atomic E-state index is 9.46. The van der Waals surface area contributed by atoms with Crippen LogP contribution in [0.5, 0.6) is 5.75 Å². The van der Waals surface area contributed by atoms with Crippen molar-refractivity contribution in [3.8, 4) is 17.0 Å². The molecule has 0 aliphatic carbocycles. The van der Waals surface area contributed by atoms with Crippen LogP contribution in [-0.2, 0) is 7.05 Å². The molecule has 136 valence electrons. The van der Waals surface area contributed by atoms with Gasteiger partial charge in [0.05, 0.1) is 5.69 Å². The third kappa shape index (κ3) is 3.49. The van der Waals surface area contributed by atoms with Crippen LogP contribution in [0.25, 0.3) is 22.2 Å². The molecule has 0 fully saturated rings. The van der Waals surface area contributed by atoms with E-state index in [-0.39, 0.29) is 11.8 Å². The van der Waals surface area contributed by atoms with Crippen LogP contribution in [0.3, 0.4) is 0 Å². The summed E-state index contributed by atoms with van der Waals surface area (Å²) in [6.45, 7) is 3.97. The third-order valence-corrected chi connectivity index (χ3v) is 4.78. The van der Waals surface area contributed by atoms with Crippen LogP contribution < -0.4 is 5.32 Å². The number of benzene rings is 2. The first kappa shape index (κ1) is 17.1. The van der Waals surface area contributed by atoms with Crippen LogP contribution in [-0.4, -0.2) is 19.6 Å². The molecule has 0 saturated heterocycles. The standard InChI is InChI=1S/C22H22N4O/c1-14(16-6-8-19(27)9-7-16)23-22-13-20(24-15(2)25-22)18-5-4-17-10-11-26(3)21(17)12-18/h4-14,27H,1-3H3,(H,23,24,25). The molecule has 0 radical (unpaired) electrons. The van der Waals surface area contributed by atoms with E-state index in [4.69, 9.17) is 0 Å². The van der Waals surface area contributed by atoms with Crippen molar-refractivity contribution in [2.45, 2.75) is 19.9 Å². The zero-order chi connectivity index (χ0) is 19.0. The van der Waals surface area contributed by atoms with Crippen LogP contribution in [0.4, 0.5) is 5.82 Å². The first-order valence-corrected chi connectivity index (χ1v) is 8.96. The number of aryl methyl sites for hydroxylation is 2. The van der Waals surface area contributed by atoms with Crippen LogP contribution >= 0.6 is 0 Å². The van der Waals surface area contributed by atoms with Crippen molar-refractivity contribution in [2.24, 2.45) is 7.05 Å². The zero-order valence-corrected chi connectivity index (χ0v) is 15.6. The summed E-state index contributed by atoms with van der Waals surface area (Å²) in [4.78, 5) is 9.16. The number of nitrogens with one attached hydrogen (secondary N) is 1. The highest BCUT2D eigenvalue weighted by molar-refractivity contribution is 5.85. The Hall–Kier alpha value is -3.34. The van der Waals surface area contributed by atoms with Crippen LogP contribution in [0.1, 0.15) is 24.4 Å². The quantitative estimate of drug-likeness (QED) is 0.549. The lowest BCUT2D eigenvalue weighted by atomic mass is 10.1. The molecule has 0 saturated carbocycles. The molecule has 2 heterocycles. The molecule has 2 aromatic carbocycles. The van der Waals surface area contributed by atoms with Crippen molar-refractivity contribution in [1.29, 1.82) is 0 Å². The Morgan fingerprint density at radius 2 is 1.78 bits per heavy atom. The number of phenolic OH excluding ortho intramolecular Hbond substituents is 1. The molecule has 0 bridgehead atoms. The second-order valence-electron chi connectivity index (χ2n) is 6.84. The molecule has 0 amide bonds. The van der Waals surface area contributed by atoms with Crippen molar-refractivity contribution >= 4 is 16.7 Å². The average Bonchev–Trinajstić information content (AvgIpc) is 3.02. The molecule has 4 rings (SSSR count). The van der Waals surface area contributed by atoms with Crippen molar-refractivity contribution in [2.75, 3.05) is 5.32 Å². The van der Waals surface area contributed by atoms with Crippen molar-refractivity contribution < 1.29 is 5.11 Å². The number of aromatic hydroxyl groups is 1. The van der Waals surface area contributed by atoms with Crippen molar-refractivity contribution in [1.82, 2.24) is 14.5 Å². The Morgan fingerprint density at radius 3 is 2.56 bits per heavy atom. The van der Waals surface area contributed by atoms with Gasteiger partial charge in [0.1, 0.15) is 17.4 Å². The highest BCUT2D eigenvalue weighted by Crippen LogP contribution is 2.26. The second-order valence-corrected chi connectivity index (χ2v) is 6.84. The van der Waals surface area contributed by atoms with Gasteiger partial charge in [-0.05, 0) is 49.1 Å². The van der Waals surface area contributed by atoms with Gasteiger partial charge >= 0.3 is 0 Å². The van der Waals surface area contributed by atoms with Crippen LogP contribution in [0.2, 0.25) is 0 Å². The Balaban J connectivity index is 1.66. The lowest BCUT2D eigenvalue weighted by Crippen LogP contribution is -2.09. The van der Waals surface area contributed by atoms with E-state index in [1.807, 2.05) is 32.2 Å². The summed E-state index contributed by atoms with van der Waals surface area (Å²) in [5.41, 5.74) is 4.22. The summed E-state index contributed by atoms with van der Waals surface area (Å²) in [5.74, 6) is 1.77. The highest BCUT2D eigenvalue weighted by atomic mass is 16.3. The number of anilines is 1. The van der Waals surface area contributed by atoms with Crippen molar-refractivity contribution in [3.05, 3.63) is 72.2 Å². The van der Waals surface area contributed by atoms with Crippen LogP contribution in [0, 0.1) is 6.92 Å². The minimum Gasteiger partial charge on any atom is -0.508 e.